The van der Waals surface area contributed by atoms with Crippen molar-refractivity contribution in [3.63, 3.8) is 0 Å². The van der Waals surface area contributed by atoms with Gasteiger partial charge in [0.25, 0.3) is 0 Å². The number of aromatic hydroxyl groups is 1. The second-order valence-corrected chi connectivity index (χ2v) is 3.11. The molecule has 0 spiro atoms. The number of nitrogens with zero attached hydrogens (tertiary/aromatic N) is 2. The van der Waals surface area contributed by atoms with Crippen LogP contribution in [0.1, 0.15) is 10.4 Å². The van der Waals surface area contributed by atoms with E-state index in [0.29, 0.717) is 11.4 Å². The van der Waals surface area contributed by atoms with Crippen LogP contribution < -0.4 is 0 Å². The van der Waals surface area contributed by atoms with E-state index < -0.39 is 5.97 Å². The summed E-state index contributed by atoms with van der Waals surface area (Å²) < 4.78 is 0. The summed E-state index contributed by atoms with van der Waals surface area (Å²) >= 11 is 0. The van der Waals surface area contributed by atoms with Crippen LogP contribution in [0.15, 0.2) is 36.7 Å². The van der Waals surface area contributed by atoms with E-state index in [0.717, 1.165) is 6.20 Å². The molecule has 0 amide bonds. The Labute approximate surface area is 91.0 Å². The van der Waals surface area contributed by atoms with Crippen molar-refractivity contribution in [1.29, 1.82) is 0 Å². The summed E-state index contributed by atoms with van der Waals surface area (Å²) in [6.45, 7) is 0. The van der Waals surface area contributed by atoms with Gasteiger partial charge in [-0.15, -0.1) is 0 Å². The van der Waals surface area contributed by atoms with Gasteiger partial charge in [0.05, 0.1) is 17.6 Å². The molecule has 0 atom stereocenters. The van der Waals surface area contributed by atoms with Gasteiger partial charge in [-0.05, 0) is 18.2 Å². The highest BCUT2D eigenvalue weighted by atomic mass is 16.4. The third-order valence-corrected chi connectivity index (χ3v) is 2.04. The number of hydrogen-bond acceptors (Lipinski definition) is 4. The topological polar surface area (TPSA) is 83.3 Å². The summed E-state index contributed by atoms with van der Waals surface area (Å²) in [6.07, 6.45) is 2.69. The standard InChI is InChI=1S/C11H8N2O3/c14-10-6-13-9(5-7(10)11(15)16)8-3-1-2-4-12-8/h1-6,14H,(H,15,16). The molecule has 0 aliphatic rings. The van der Waals surface area contributed by atoms with Crippen molar-refractivity contribution >= 4 is 5.97 Å². The van der Waals surface area contributed by atoms with E-state index in [9.17, 15) is 9.90 Å². The largest absolute Gasteiger partial charge is 0.505 e. The first kappa shape index (κ1) is 10.1. The molecule has 5 heteroatoms. The molecule has 16 heavy (non-hydrogen) atoms. The predicted octanol–water partition coefficient (Wildman–Crippen LogP) is 1.55. The highest BCUT2D eigenvalue weighted by Crippen LogP contribution is 2.21. The summed E-state index contributed by atoms with van der Waals surface area (Å²) in [5, 5.41) is 18.1. The smallest absolute Gasteiger partial charge is 0.339 e. The van der Waals surface area contributed by atoms with Crippen LogP contribution in [0.3, 0.4) is 0 Å². The van der Waals surface area contributed by atoms with Crippen LogP contribution in [0.25, 0.3) is 11.4 Å². The molecule has 2 aromatic rings. The number of carboxylic acid groups (broad SMARTS) is 1. The molecule has 0 unspecified atom stereocenters. The molecule has 2 N–H and O–H groups in total. The lowest BCUT2D eigenvalue weighted by Gasteiger charge is -2.02. The van der Waals surface area contributed by atoms with Gasteiger partial charge < -0.3 is 10.2 Å². The summed E-state index contributed by atoms with van der Waals surface area (Å²) in [5.74, 6) is -1.55. The lowest BCUT2D eigenvalue weighted by molar-refractivity contribution is 0.0693. The summed E-state index contributed by atoms with van der Waals surface area (Å²) in [7, 11) is 0. The van der Waals surface area contributed by atoms with Gasteiger partial charge in [-0.25, -0.2) is 4.79 Å². The van der Waals surface area contributed by atoms with Crippen LogP contribution in [-0.4, -0.2) is 26.2 Å². The molecular weight excluding hydrogens is 208 g/mol. The highest BCUT2D eigenvalue weighted by molar-refractivity contribution is 5.91. The normalized spacial score (nSPS) is 10.0. The zero-order valence-electron chi connectivity index (χ0n) is 8.16. The average molecular weight is 216 g/mol. The maximum atomic E-state index is 10.8. The number of aromatic nitrogens is 2. The molecule has 0 radical (unpaired) electrons. The number of pyridine rings is 2. The first-order valence-corrected chi connectivity index (χ1v) is 4.52. The van der Waals surface area contributed by atoms with E-state index in [-0.39, 0.29) is 11.3 Å². The van der Waals surface area contributed by atoms with Crippen LogP contribution in [0.2, 0.25) is 0 Å². The highest BCUT2D eigenvalue weighted by Gasteiger charge is 2.12. The zero-order valence-corrected chi connectivity index (χ0v) is 8.16. The molecule has 0 bridgehead atoms. The molecule has 0 aliphatic heterocycles. The molecule has 5 nitrogen and oxygen atoms in total. The Morgan fingerprint density at radius 2 is 2.00 bits per heavy atom. The maximum Gasteiger partial charge on any atom is 0.339 e. The second-order valence-electron chi connectivity index (χ2n) is 3.11. The van der Waals surface area contributed by atoms with Gasteiger partial charge >= 0.3 is 5.97 Å². The van der Waals surface area contributed by atoms with E-state index in [2.05, 4.69) is 9.97 Å². The van der Waals surface area contributed by atoms with Crippen molar-refractivity contribution in [2.45, 2.75) is 0 Å². The third kappa shape index (κ3) is 1.83. The Morgan fingerprint density at radius 1 is 1.19 bits per heavy atom. The van der Waals surface area contributed by atoms with Crippen molar-refractivity contribution in [1.82, 2.24) is 9.97 Å². The molecule has 0 saturated carbocycles. The van der Waals surface area contributed by atoms with Gasteiger partial charge in [0, 0.05) is 6.20 Å². The van der Waals surface area contributed by atoms with Gasteiger partial charge in [0.15, 0.2) is 0 Å². The van der Waals surface area contributed by atoms with Crippen molar-refractivity contribution in [3.05, 3.63) is 42.2 Å². The fraction of sp³-hybridized carbons (Fsp3) is 0. The Morgan fingerprint density at radius 3 is 2.62 bits per heavy atom. The molecule has 80 valence electrons. The van der Waals surface area contributed by atoms with Crippen LogP contribution in [-0.2, 0) is 0 Å². The van der Waals surface area contributed by atoms with Crippen LogP contribution in [0.5, 0.6) is 5.75 Å². The number of hydrogen-bond donors (Lipinski definition) is 2. The van der Waals surface area contributed by atoms with Crippen molar-refractivity contribution in [2.24, 2.45) is 0 Å². The molecule has 2 heterocycles. The van der Waals surface area contributed by atoms with Gasteiger partial charge in [0.1, 0.15) is 11.3 Å². The second kappa shape index (κ2) is 3.98. The average Bonchev–Trinajstić information content (AvgIpc) is 2.30. The van der Waals surface area contributed by atoms with Crippen LogP contribution in [0.4, 0.5) is 0 Å². The third-order valence-electron chi connectivity index (χ3n) is 2.04. The lowest BCUT2D eigenvalue weighted by atomic mass is 10.1. The van der Waals surface area contributed by atoms with Crippen molar-refractivity contribution < 1.29 is 15.0 Å². The number of carboxylic acids is 1. The zero-order chi connectivity index (χ0) is 11.5. The lowest BCUT2D eigenvalue weighted by Crippen LogP contribution is -1.99. The fourth-order valence-corrected chi connectivity index (χ4v) is 1.27. The fourth-order valence-electron chi connectivity index (χ4n) is 1.27. The molecular formula is C11H8N2O3. The monoisotopic (exact) mass is 216 g/mol. The van der Waals surface area contributed by atoms with Crippen molar-refractivity contribution in [2.75, 3.05) is 0 Å². The summed E-state index contributed by atoms with van der Waals surface area (Å²) in [4.78, 5) is 18.8. The first-order chi connectivity index (χ1) is 7.68. The van der Waals surface area contributed by atoms with Gasteiger partial charge in [0.2, 0.25) is 0 Å². The minimum absolute atomic E-state index is 0.185. The maximum absolute atomic E-state index is 10.8. The molecule has 2 rings (SSSR count). The van der Waals surface area contributed by atoms with E-state index in [4.69, 9.17) is 5.11 Å². The van der Waals surface area contributed by atoms with Gasteiger partial charge in [-0.2, -0.15) is 0 Å². The number of rotatable bonds is 2. The Bertz CT molecular complexity index is 526. The van der Waals surface area contributed by atoms with Crippen LogP contribution in [0, 0.1) is 0 Å². The quantitative estimate of drug-likeness (QED) is 0.795. The molecule has 0 aliphatic carbocycles. The van der Waals surface area contributed by atoms with E-state index in [1.54, 1.807) is 24.4 Å². The summed E-state index contributed by atoms with van der Waals surface area (Å²) in [5.41, 5.74) is 0.788. The number of aromatic carboxylic acids is 1. The van der Waals surface area contributed by atoms with E-state index in [1.165, 1.54) is 6.07 Å². The minimum atomic E-state index is -1.20. The van der Waals surface area contributed by atoms with E-state index in [1.807, 2.05) is 0 Å². The Balaban J connectivity index is 2.52. The van der Waals surface area contributed by atoms with Crippen molar-refractivity contribution in [3.8, 4) is 17.1 Å². The molecule has 0 fully saturated rings. The first-order valence-electron chi connectivity index (χ1n) is 4.52. The van der Waals surface area contributed by atoms with Gasteiger partial charge in [-0.1, -0.05) is 6.07 Å². The SMILES string of the molecule is O=C(O)c1cc(-c2ccccn2)ncc1O. The number of carbonyl (C=O) groups is 1. The minimum Gasteiger partial charge on any atom is -0.505 e. The summed E-state index contributed by atoms with van der Waals surface area (Å²) in [6, 6.07) is 6.53. The molecule has 0 aromatic carbocycles. The predicted molar refractivity (Wildman–Crippen MR) is 56.1 cm³/mol. The van der Waals surface area contributed by atoms with Crippen LogP contribution >= 0.6 is 0 Å². The van der Waals surface area contributed by atoms with Gasteiger partial charge in [-0.3, -0.25) is 9.97 Å². The molecule has 0 saturated heterocycles. The molecule has 2 aromatic heterocycles. The Kier molecular flexibility index (Phi) is 2.51. The van der Waals surface area contributed by atoms with E-state index >= 15 is 0 Å². The Hall–Kier alpha value is -2.43.